The molecular formula is C8H14O. The van der Waals surface area contributed by atoms with Crippen molar-refractivity contribution >= 4 is 0 Å². The number of aliphatic hydroxyl groups is 1. The van der Waals surface area contributed by atoms with Crippen molar-refractivity contribution in [3.05, 3.63) is 23.8 Å². The van der Waals surface area contributed by atoms with Gasteiger partial charge in [-0.05, 0) is 18.9 Å². The molecule has 0 aliphatic rings. The van der Waals surface area contributed by atoms with E-state index in [0.29, 0.717) is 0 Å². The van der Waals surface area contributed by atoms with Gasteiger partial charge in [0.25, 0.3) is 0 Å². The molecule has 0 heterocycles. The average Bonchev–Trinajstić information content (AvgIpc) is 1.82. The van der Waals surface area contributed by atoms with E-state index in [-0.39, 0.29) is 6.61 Å². The Balaban J connectivity index is 3.91. The van der Waals surface area contributed by atoms with Crippen LogP contribution in [0.25, 0.3) is 0 Å². The van der Waals surface area contributed by atoms with Gasteiger partial charge in [-0.2, -0.15) is 0 Å². The van der Waals surface area contributed by atoms with Crippen molar-refractivity contribution < 1.29 is 5.11 Å². The Kier molecular flexibility index (Phi) is 4.06. The summed E-state index contributed by atoms with van der Waals surface area (Å²) in [6.45, 7) is 7.80. The summed E-state index contributed by atoms with van der Waals surface area (Å²) in [5, 5.41) is 8.67. The van der Waals surface area contributed by atoms with E-state index in [0.717, 1.165) is 17.6 Å². The van der Waals surface area contributed by atoms with Crippen LogP contribution < -0.4 is 0 Å². The summed E-state index contributed by atoms with van der Waals surface area (Å²) >= 11 is 0. The normalized spacial score (nSPS) is 11.7. The predicted octanol–water partition coefficient (Wildman–Crippen LogP) is 1.89. The number of hydrogen-bond donors (Lipinski definition) is 1. The van der Waals surface area contributed by atoms with E-state index in [1.54, 1.807) is 0 Å². The molecule has 1 nitrogen and oxygen atoms in total. The molecule has 0 atom stereocenters. The average molecular weight is 126 g/mol. The summed E-state index contributed by atoms with van der Waals surface area (Å²) in [4.78, 5) is 0. The van der Waals surface area contributed by atoms with E-state index in [1.165, 1.54) is 0 Å². The SMILES string of the molecule is C=C(C)/C=C(\CC)CO. The van der Waals surface area contributed by atoms with Gasteiger partial charge in [-0.15, -0.1) is 0 Å². The maximum atomic E-state index is 8.67. The Morgan fingerprint density at radius 3 is 2.33 bits per heavy atom. The van der Waals surface area contributed by atoms with Crippen molar-refractivity contribution in [3.8, 4) is 0 Å². The van der Waals surface area contributed by atoms with E-state index in [1.807, 2.05) is 19.9 Å². The highest BCUT2D eigenvalue weighted by atomic mass is 16.3. The van der Waals surface area contributed by atoms with Gasteiger partial charge in [0, 0.05) is 0 Å². The van der Waals surface area contributed by atoms with Crippen LogP contribution in [0.5, 0.6) is 0 Å². The first-order valence-corrected chi connectivity index (χ1v) is 3.16. The van der Waals surface area contributed by atoms with E-state index < -0.39 is 0 Å². The largest absolute Gasteiger partial charge is 0.392 e. The maximum absolute atomic E-state index is 8.67. The Morgan fingerprint density at radius 1 is 1.67 bits per heavy atom. The molecule has 0 saturated heterocycles. The fraction of sp³-hybridized carbons (Fsp3) is 0.500. The molecule has 0 aliphatic carbocycles. The van der Waals surface area contributed by atoms with Gasteiger partial charge in [0.15, 0.2) is 0 Å². The third kappa shape index (κ3) is 3.98. The molecule has 9 heavy (non-hydrogen) atoms. The number of hydrogen-bond acceptors (Lipinski definition) is 1. The molecule has 0 rings (SSSR count). The van der Waals surface area contributed by atoms with Crippen molar-refractivity contribution in [2.45, 2.75) is 20.3 Å². The molecule has 1 heteroatoms. The molecule has 0 aromatic heterocycles. The smallest absolute Gasteiger partial charge is 0.0644 e. The molecule has 0 unspecified atom stereocenters. The van der Waals surface area contributed by atoms with E-state index in [4.69, 9.17) is 5.11 Å². The Labute approximate surface area is 56.7 Å². The zero-order valence-electron chi connectivity index (χ0n) is 6.15. The topological polar surface area (TPSA) is 20.2 Å². The van der Waals surface area contributed by atoms with Crippen molar-refractivity contribution in [2.75, 3.05) is 6.61 Å². The van der Waals surface area contributed by atoms with Gasteiger partial charge in [0.2, 0.25) is 0 Å². The van der Waals surface area contributed by atoms with Crippen LogP contribution in [0.15, 0.2) is 23.8 Å². The van der Waals surface area contributed by atoms with Gasteiger partial charge >= 0.3 is 0 Å². The first-order chi connectivity index (χ1) is 4.20. The molecule has 52 valence electrons. The quantitative estimate of drug-likeness (QED) is 0.572. The van der Waals surface area contributed by atoms with Gasteiger partial charge in [0.05, 0.1) is 6.61 Å². The van der Waals surface area contributed by atoms with Crippen LogP contribution in [0.1, 0.15) is 20.3 Å². The summed E-state index contributed by atoms with van der Waals surface area (Å²) in [7, 11) is 0. The standard InChI is InChI=1S/C8H14O/c1-4-8(6-9)5-7(2)3/h5,9H,2,4,6H2,1,3H3/b8-5+. The lowest BCUT2D eigenvalue weighted by atomic mass is 10.1. The van der Waals surface area contributed by atoms with Gasteiger partial charge in [0.1, 0.15) is 0 Å². The number of aliphatic hydroxyl groups excluding tert-OH is 1. The lowest BCUT2D eigenvalue weighted by molar-refractivity contribution is 0.327. The Hall–Kier alpha value is -0.560. The molecule has 0 aromatic carbocycles. The second-order valence-corrected chi connectivity index (χ2v) is 2.16. The zero-order chi connectivity index (χ0) is 7.28. The second kappa shape index (κ2) is 4.33. The molecule has 0 radical (unpaired) electrons. The summed E-state index contributed by atoms with van der Waals surface area (Å²) in [5.41, 5.74) is 2.04. The predicted molar refractivity (Wildman–Crippen MR) is 40.3 cm³/mol. The van der Waals surface area contributed by atoms with Crippen molar-refractivity contribution in [1.82, 2.24) is 0 Å². The molecule has 0 aliphatic heterocycles. The van der Waals surface area contributed by atoms with Crippen LogP contribution in [0.3, 0.4) is 0 Å². The van der Waals surface area contributed by atoms with Gasteiger partial charge < -0.3 is 5.11 Å². The maximum Gasteiger partial charge on any atom is 0.0644 e. The van der Waals surface area contributed by atoms with Crippen LogP contribution in [-0.2, 0) is 0 Å². The fourth-order valence-electron chi connectivity index (χ4n) is 0.608. The zero-order valence-corrected chi connectivity index (χ0v) is 6.15. The summed E-state index contributed by atoms with van der Waals surface area (Å²) < 4.78 is 0. The summed E-state index contributed by atoms with van der Waals surface area (Å²) in [6.07, 6.45) is 2.82. The van der Waals surface area contributed by atoms with Crippen LogP contribution in [-0.4, -0.2) is 11.7 Å². The molecular weight excluding hydrogens is 112 g/mol. The van der Waals surface area contributed by atoms with Gasteiger partial charge in [-0.1, -0.05) is 25.2 Å². The second-order valence-electron chi connectivity index (χ2n) is 2.16. The molecule has 0 bridgehead atoms. The first kappa shape index (κ1) is 8.44. The third-order valence-corrected chi connectivity index (χ3v) is 1.11. The molecule has 0 spiro atoms. The Bertz CT molecular complexity index is 117. The van der Waals surface area contributed by atoms with Gasteiger partial charge in [-0.3, -0.25) is 0 Å². The molecule has 0 fully saturated rings. The van der Waals surface area contributed by atoms with Crippen molar-refractivity contribution in [2.24, 2.45) is 0 Å². The van der Waals surface area contributed by atoms with E-state index in [9.17, 15) is 0 Å². The van der Waals surface area contributed by atoms with Crippen molar-refractivity contribution in [1.29, 1.82) is 0 Å². The van der Waals surface area contributed by atoms with E-state index >= 15 is 0 Å². The molecule has 0 saturated carbocycles. The van der Waals surface area contributed by atoms with E-state index in [2.05, 4.69) is 6.58 Å². The minimum absolute atomic E-state index is 0.156. The highest BCUT2D eigenvalue weighted by Gasteiger charge is 1.88. The first-order valence-electron chi connectivity index (χ1n) is 3.16. The van der Waals surface area contributed by atoms with Gasteiger partial charge in [-0.25, -0.2) is 0 Å². The highest BCUT2D eigenvalue weighted by Crippen LogP contribution is 2.02. The van der Waals surface area contributed by atoms with Crippen LogP contribution >= 0.6 is 0 Å². The fourth-order valence-corrected chi connectivity index (χ4v) is 0.608. The highest BCUT2D eigenvalue weighted by molar-refractivity contribution is 5.18. The van der Waals surface area contributed by atoms with Crippen LogP contribution in [0, 0.1) is 0 Å². The lowest BCUT2D eigenvalue weighted by Gasteiger charge is -1.96. The molecule has 1 N–H and O–H groups in total. The molecule has 0 amide bonds. The lowest BCUT2D eigenvalue weighted by Crippen LogP contribution is -1.87. The van der Waals surface area contributed by atoms with Crippen LogP contribution in [0.4, 0.5) is 0 Å². The minimum atomic E-state index is 0.156. The third-order valence-electron chi connectivity index (χ3n) is 1.11. The number of allylic oxidation sites excluding steroid dienone is 2. The Morgan fingerprint density at radius 2 is 2.22 bits per heavy atom. The summed E-state index contributed by atoms with van der Waals surface area (Å²) in [6, 6.07) is 0. The monoisotopic (exact) mass is 126 g/mol. The number of rotatable bonds is 3. The van der Waals surface area contributed by atoms with Crippen molar-refractivity contribution in [3.63, 3.8) is 0 Å². The molecule has 0 aromatic rings. The minimum Gasteiger partial charge on any atom is -0.392 e. The summed E-state index contributed by atoms with van der Waals surface area (Å²) in [5.74, 6) is 0. The van der Waals surface area contributed by atoms with Crippen LogP contribution in [0.2, 0.25) is 0 Å².